The number of rotatable bonds is 2. The molecule has 1 saturated heterocycles. The molecule has 0 aliphatic carbocycles. The molecule has 2 unspecified atom stereocenters. The molecule has 2 atom stereocenters. The SMILES string of the molecule is [B]N1CC(C(=O)OC)C(=O)C1(C)SC. The Morgan fingerprint density at radius 1 is 1.79 bits per heavy atom. The molecule has 1 aliphatic rings. The molecule has 0 amide bonds. The summed E-state index contributed by atoms with van der Waals surface area (Å²) in [5.41, 5.74) is 0. The van der Waals surface area contributed by atoms with Gasteiger partial charge in [0.15, 0.2) is 13.8 Å². The number of methoxy groups -OCH3 is 1. The molecule has 0 aromatic rings. The molecule has 1 aliphatic heterocycles. The van der Waals surface area contributed by atoms with Gasteiger partial charge in [0.1, 0.15) is 10.8 Å². The predicted octanol–water partition coefficient (Wildman–Crippen LogP) is -0.177. The van der Waals surface area contributed by atoms with E-state index >= 15 is 0 Å². The van der Waals surface area contributed by atoms with Gasteiger partial charge in [-0.3, -0.25) is 9.59 Å². The number of thioether (sulfide) groups is 1. The summed E-state index contributed by atoms with van der Waals surface area (Å²) in [4.78, 5) is 23.6. The molecule has 1 heterocycles. The zero-order chi connectivity index (χ0) is 10.9. The van der Waals surface area contributed by atoms with Crippen molar-refractivity contribution in [2.75, 3.05) is 19.9 Å². The van der Waals surface area contributed by atoms with Crippen molar-refractivity contribution in [3.8, 4) is 0 Å². The van der Waals surface area contributed by atoms with Crippen LogP contribution in [0, 0.1) is 5.92 Å². The Kier molecular flexibility index (Phi) is 3.26. The molecular weight excluding hydrogens is 201 g/mol. The molecular formula is C8H12BNO3S. The van der Waals surface area contributed by atoms with Gasteiger partial charge in [0.25, 0.3) is 0 Å². The normalized spacial score (nSPS) is 33.4. The lowest BCUT2D eigenvalue weighted by atomic mass is 10.0. The summed E-state index contributed by atoms with van der Waals surface area (Å²) >= 11 is 1.33. The second-order valence-corrected chi connectivity index (χ2v) is 4.48. The maximum Gasteiger partial charge on any atom is 0.317 e. The molecule has 0 spiro atoms. The van der Waals surface area contributed by atoms with Crippen LogP contribution in [0.2, 0.25) is 0 Å². The molecule has 1 rings (SSSR count). The van der Waals surface area contributed by atoms with E-state index in [0.717, 1.165) is 0 Å². The van der Waals surface area contributed by atoms with Crippen LogP contribution < -0.4 is 0 Å². The van der Waals surface area contributed by atoms with Crippen molar-refractivity contribution in [1.82, 2.24) is 4.81 Å². The van der Waals surface area contributed by atoms with E-state index in [4.69, 9.17) is 7.98 Å². The average Bonchev–Trinajstić information content (AvgIpc) is 2.42. The van der Waals surface area contributed by atoms with Gasteiger partial charge in [0.05, 0.1) is 7.11 Å². The number of ketones is 1. The summed E-state index contributed by atoms with van der Waals surface area (Å²) in [5.74, 6) is -1.44. The van der Waals surface area contributed by atoms with E-state index in [2.05, 4.69) is 4.74 Å². The Morgan fingerprint density at radius 3 is 2.71 bits per heavy atom. The van der Waals surface area contributed by atoms with Gasteiger partial charge in [0, 0.05) is 6.54 Å². The van der Waals surface area contributed by atoms with Crippen LogP contribution in [0.25, 0.3) is 0 Å². The third-order valence-corrected chi connectivity index (χ3v) is 3.81. The Hall–Kier alpha value is -0.485. The highest BCUT2D eigenvalue weighted by Crippen LogP contribution is 2.36. The predicted molar refractivity (Wildman–Crippen MR) is 54.9 cm³/mol. The topological polar surface area (TPSA) is 46.6 Å². The molecule has 0 saturated carbocycles. The minimum Gasteiger partial charge on any atom is -0.468 e. The fourth-order valence-corrected chi connectivity index (χ4v) is 2.11. The first-order chi connectivity index (χ1) is 6.47. The first-order valence-corrected chi connectivity index (χ1v) is 5.39. The summed E-state index contributed by atoms with van der Waals surface area (Å²) in [6.07, 6.45) is 1.79. The smallest absolute Gasteiger partial charge is 0.317 e. The second kappa shape index (κ2) is 3.94. The first kappa shape index (κ1) is 11.6. The van der Waals surface area contributed by atoms with Gasteiger partial charge in [-0.1, -0.05) is 0 Å². The number of carbonyl (C=O) groups is 2. The molecule has 0 bridgehead atoms. The van der Waals surface area contributed by atoms with Crippen LogP contribution >= 0.6 is 11.8 Å². The number of hydrogen-bond acceptors (Lipinski definition) is 5. The number of hydrogen-bond donors (Lipinski definition) is 0. The molecule has 76 valence electrons. The fourth-order valence-electron chi connectivity index (χ4n) is 1.46. The number of Topliss-reactive ketones (excluding diaryl/α,β-unsaturated/α-hetero) is 1. The van der Waals surface area contributed by atoms with Crippen molar-refractivity contribution in [3.05, 3.63) is 0 Å². The molecule has 1 fully saturated rings. The Morgan fingerprint density at radius 2 is 2.36 bits per heavy atom. The van der Waals surface area contributed by atoms with Crippen molar-refractivity contribution in [1.29, 1.82) is 0 Å². The third-order valence-electron chi connectivity index (χ3n) is 2.58. The maximum absolute atomic E-state index is 11.8. The number of nitrogens with zero attached hydrogens (tertiary/aromatic N) is 1. The number of carbonyl (C=O) groups excluding carboxylic acids is 2. The van der Waals surface area contributed by atoms with Gasteiger partial charge in [-0.25, -0.2) is 0 Å². The number of ether oxygens (including phenoxy) is 1. The largest absolute Gasteiger partial charge is 0.468 e. The van der Waals surface area contributed by atoms with Crippen molar-refractivity contribution >= 4 is 31.5 Å². The van der Waals surface area contributed by atoms with Crippen LogP contribution in [0.3, 0.4) is 0 Å². The molecule has 14 heavy (non-hydrogen) atoms. The molecule has 0 aromatic heterocycles. The zero-order valence-electron chi connectivity index (χ0n) is 8.44. The Balaban J connectivity index is 2.90. The van der Waals surface area contributed by atoms with E-state index in [-0.39, 0.29) is 12.3 Å². The monoisotopic (exact) mass is 213 g/mol. The Labute approximate surface area is 88.8 Å². The van der Waals surface area contributed by atoms with Crippen molar-refractivity contribution < 1.29 is 14.3 Å². The summed E-state index contributed by atoms with van der Waals surface area (Å²) < 4.78 is 4.54. The lowest BCUT2D eigenvalue weighted by molar-refractivity contribution is -0.147. The highest BCUT2D eigenvalue weighted by molar-refractivity contribution is 8.00. The van der Waals surface area contributed by atoms with E-state index in [1.165, 1.54) is 23.7 Å². The van der Waals surface area contributed by atoms with Gasteiger partial charge < -0.3 is 9.55 Å². The zero-order valence-corrected chi connectivity index (χ0v) is 9.26. The molecule has 6 heteroatoms. The van der Waals surface area contributed by atoms with Gasteiger partial charge >= 0.3 is 5.97 Å². The molecule has 2 radical (unpaired) electrons. The standard InChI is InChI=1S/C8H12BNO3S/c1-8(14-3)6(11)5(4-10(8)9)7(12)13-2/h5H,4H2,1-3H3. The summed E-state index contributed by atoms with van der Waals surface area (Å²) in [6, 6.07) is 0. The van der Waals surface area contributed by atoms with Gasteiger partial charge in [0.2, 0.25) is 0 Å². The van der Waals surface area contributed by atoms with Crippen molar-refractivity contribution in [3.63, 3.8) is 0 Å². The summed E-state index contributed by atoms with van der Waals surface area (Å²) in [7, 11) is 6.95. The third kappa shape index (κ3) is 1.57. The summed E-state index contributed by atoms with van der Waals surface area (Å²) in [6.45, 7) is 1.94. The minimum absolute atomic E-state index is 0.181. The molecule has 4 nitrogen and oxygen atoms in total. The van der Waals surface area contributed by atoms with Crippen LogP contribution in [0.15, 0.2) is 0 Å². The van der Waals surface area contributed by atoms with E-state index in [1.807, 2.05) is 0 Å². The van der Waals surface area contributed by atoms with Gasteiger partial charge in [-0.2, -0.15) is 0 Å². The van der Waals surface area contributed by atoms with E-state index in [9.17, 15) is 9.59 Å². The van der Waals surface area contributed by atoms with Crippen LogP contribution in [-0.2, 0) is 14.3 Å². The van der Waals surface area contributed by atoms with Gasteiger partial charge in [-0.15, -0.1) is 11.8 Å². The van der Waals surface area contributed by atoms with Crippen LogP contribution in [-0.4, -0.2) is 49.3 Å². The quantitative estimate of drug-likeness (QED) is 0.362. The van der Waals surface area contributed by atoms with Crippen LogP contribution in [0.1, 0.15) is 6.92 Å². The maximum atomic E-state index is 11.8. The summed E-state index contributed by atoms with van der Waals surface area (Å²) in [5, 5.41) is 0. The van der Waals surface area contributed by atoms with Crippen molar-refractivity contribution in [2.45, 2.75) is 11.8 Å². The second-order valence-electron chi connectivity index (χ2n) is 3.28. The van der Waals surface area contributed by atoms with Crippen molar-refractivity contribution in [2.24, 2.45) is 5.92 Å². The van der Waals surface area contributed by atoms with E-state index < -0.39 is 16.8 Å². The van der Waals surface area contributed by atoms with E-state index in [0.29, 0.717) is 0 Å². The van der Waals surface area contributed by atoms with Crippen LogP contribution in [0.4, 0.5) is 0 Å². The highest BCUT2D eigenvalue weighted by atomic mass is 32.2. The molecule has 0 N–H and O–H groups in total. The average molecular weight is 213 g/mol. The lowest BCUT2D eigenvalue weighted by Crippen LogP contribution is -2.41. The first-order valence-electron chi connectivity index (χ1n) is 4.17. The molecule has 0 aromatic carbocycles. The van der Waals surface area contributed by atoms with Crippen LogP contribution in [0.5, 0.6) is 0 Å². The Bertz CT molecular complexity index is 273. The van der Waals surface area contributed by atoms with Gasteiger partial charge in [-0.05, 0) is 13.2 Å². The number of esters is 1. The highest BCUT2D eigenvalue weighted by Gasteiger charge is 2.50. The lowest BCUT2D eigenvalue weighted by Gasteiger charge is -2.28. The minimum atomic E-state index is -0.807. The fraction of sp³-hybridized carbons (Fsp3) is 0.750. The van der Waals surface area contributed by atoms with E-state index in [1.54, 1.807) is 13.2 Å².